The number of hydrogen-bond donors (Lipinski definition) is 2. The van der Waals surface area contributed by atoms with Gasteiger partial charge < -0.3 is 0 Å². The normalized spacial score (nSPS) is 13.9. The zero-order valence-corrected chi connectivity index (χ0v) is 10.4. The van der Waals surface area contributed by atoms with E-state index in [2.05, 4.69) is 10.5 Å². The number of nitrogens with two attached hydrogens (primary N) is 1. The fourth-order valence-electron chi connectivity index (χ4n) is 1.52. The summed E-state index contributed by atoms with van der Waals surface area (Å²) >= 11 is 0. The van der Waals surface area contributed by atoms with Crippen molar-refractivity contribution in [3.63, 3.8) is 0 Å². The number of hydrogen-bond acceptors (Lipinski definition) is 5. The molecule has 7 heteroatoms. The molecule has 1 atom stereocenters. The summed E-state index contributed by atoms with van der Waals surface area (Å²) < 4.78 is 23.9. The Morgan fingerprint density at radius 2 is 2.31 bits per heavy atom. The lowest BCUT2D eigenvalue weighted by Crippen LogP contribution is -2.40. The van der Waals surface area contributed by atoms with E-state index in [1.165, 1.54) is 6.26 Å². The van der Waals surface area contributed by atoms with Gasteiger partial charge in [-0.2, -0.15) is 5.10 Å². The predicted molar refractivity (Wildman–Crippen MR) is 62.4 cm³/mol. The van der Waals surface area contributed by atoms with Gasteiger partial charge in [-0.3, -0.25) is 16.0 Å². The first-order chi connectivity index (χ1) is 7.40. The first-order valence-corrected chi connectivity index (χ1v) is 7.08. The Bertz CT molecular complexity index is 426. The maximum Gasteiger partial charge on any atom is 0.149 e. The van der Waals surface area contributed by atoms with Crippen molar-refractivity contribution in [2.45, 2.75) is 18.9 Å². The lowest BCUT2D eigenvalue weighted by atomic mass is 10.1. The highest BCUT2D eigenvalue weighted by Gasteiger charge is 2.13. The van der Waals surface area contributed by atoms with Crippen LogP contribution < -0.4 is 11.3 Å². The van der Waals surface area contributed by atoms with Gasteiger partial charge in [0, 0.05) is 25.5 Å². The molecule has 0 radical (unpaired) electrons. The third kappa shape index (κ3) is 4.73. The van der Waals surface area contributed by atoms with Crippen LogP contribution in [0.25, 0.3) is 0 Å². The van der Waals surface area contributed by atoms with Crippen molar-refractivity contribution in [1.29, 1.82) is 0 Å². The van der Waals surface area contributed by atoms with Gasteiger partial charge in [-0.1, -0.05) is 0 Å². The van der Waals surface area contributed by atoms with Gasteiger partial charge >= 0.3 is 0 Å². The van der Waals surface area contributed by atoms with Crippen molar-refractivity contribution in [3.8, 4) is 0 Å². The highest BCUT2D eigenvalue weighted by molar-refractivity contribution is 7.90. The average molecular weight is 246 g/mol. The van der Waals surface area contributed by atoms with Crippen molar-refractivity contribution in [2.24, 2.45) is 12.9 Å². The molecule has 1 aromatic rings. The Labute approximate surface area is 95.7 Å². The molecule has 1 rings (SSSR count). The Kier molecular flexibility index (Phi) is 4.45. The Hall–Kier alpha value is -0.920. The van der Waals surface area contributed by atoms with E-state index in [9.17, 15) is 8.42 Å². The van der Waals surface area contributed by atoms with Crippen LogP contribution in [-0.4, -0.2) is 36.2 Å². The van der Waals surface area contributed by atoms with Crippen molar-refractivity contribution in [3.05, 3.63) is 18.0 Å². The highest BCUT2D eigenvalue weighted by atomic mass is 32.2. The number of aryl methyl sites for hydroxylation is 2. The Morgan fingerprint density at radius 1 is 1.62 bits per heavy atom. The summed E-state index contributed by atoms with van der Waals surface area (Å²) in [4.78, 5) is 0. The SMILES string of the molecule is Cn1cc(CCC(CS(C)(=O)=O)NN)cn1. The zero-order valence-electron chi connectivity index (χ0n) is 9.55. The first kappa shape index (κ1) is 13.1. The molecule has 0 amide bonds. The number of nitrogens with one attached hydrogen (secondary N) is 1. The molecule has 1 unspecified atom stereocenters. The van der Waals surface area contributed by atoms with Crippen molar-refractivity contribution in [1.82, 2.24) is 15.2 Å². The molecule has 0 spiro atoms. The maximum absolute atomic E-state index is 11.1. The molecule has 0 fully saturated rings. The lowest BCUT2D eigenvalue weighted by molar-refractivity contribution is 0.520. The maximum atomic E-state index is 11.1. The molecule has 0 aliphatic heterocycles. The van der Waals surface area contributed by atoms with Crippen LogP contribution in [0.2, 0.25) is 0 Å². The van der Waals surface area contributed by atoms with Gasteiger partial charge in [-0.15, -0.1) is 0 Å². The minimum atomic E-state index is -3.00. The third-order valence-electron chi connectivity index (χ3n) is 2.28. The van der Waals surface area contributed by atoms with Gasteiger partial charge in [0.1, 0.15) is 9.84 Å². The van der Waals surface area contributed by atoms with Crippen molar-refractivity contribution < 1.29 is 8.42 Å². The fourth-order valence-corrected chi connectivity index (χ4v) is 2.52. The molecule has 1 aromatic heterocycles. The van der Waals surface area contributed by atoms with Crippen molar-refractivity contribution >= 4 is 9.84 Å². The smallest absolute Gasteiger partial charge is 0.149 e. The summed E-state index contributed by atoms with van der Waals surface area (Å²) in [5.74, 6) is 5.37. The van der Waals surface area contributed by atoms with Crippen LogP contribution in [0.4, 0.5) is 0 Å². The number of hydrazine groups is 1. The highest BCUT2D eigenvalue weighted by Crippen LogP contribution is 2.05. The second-order valence-electron chi connectivity index (χ2n) is 4.02. The van der Waals surface area contributed by atoms with Gasteiger partial charge in [0.25, 0.3) is 0 Å². The van der Waals surface area contributed by atoms with E-state index in [0.29, 0.717) is 6.42 Å². The van der Waals surface area contributed by atoms with Gasteiger partial charge in [0.05, 0.1) is 11.9 Å². The lowest BCUT2D eigenvalue weighted by Gasteiger charge is -2.13. The second-order valence-corrected chi connectivity index (χ2v) is 6.20. The largest absolute Gasteiger partial charge is 0.276 e. The van der Waals surface area contributed by atoms with E-state index < -0.39 is 9.84 Å². The molecule has 0 bridgehead atoms. The van der Waals surface area contributed by atoms with Crippen molar-refractivity contribution in [2.75, 3.05) is 12.0 Å². The van der Waals surface area contributed by atoms with Gasteiger partial charge in [-0.25, -0.2) is 8.42 Å². The molecule has 6 nitrogen and oxygen atoms in total. The molecule has 0 aliphatic rings. The van der Waals surface area contributed by atoms with E-state index in [1.807, 2.05) is 13.2 Å². The molecule has 16 heavy (non-hydrogen) atoms. The minimum Gasteiger partial charge on any atom is -0.276 e. The monoisotopic (exact) mass is 246 g/mol. The van der Waals surface area contributed by atoms with Crippen LogP contribution in [0.3, 0.4) is 0 Å². The molecule has 92 valence electrons. The van der Waals surface area contributed by atoms with E-state index >= 15 is 0 Å². The van der Waals surface area contributed by atoms with Crippen LogP contribution in [0.5, 0.6) is 0 Å². The second kappa shape index (κ2) is 5.42. The van der Waals surface area contributed by atoms with E-state index in [4.69, 9.17) is 5.84 Å². The molecule has 3 N–H and O–H groups in total. The van der Waals surface area contributed by atoms with E-state index in [0.717, 1.165) is 12.0 Å². The van der Waals surface area contributed by atoms with E-state index in [-0.39, 0.29) is 11.8 Å². The molecule has 0 saturated heterocycles. The quantitative estimate of drug-likeness (QED) is 0.508. The van der Waals surface area contributed by atoms with Crippen LogP contribution >= 0.6 is 0 Å². The van der Waals surface area contributed by atoms with Gasteiger partial charge in [-0.05, 0) is 18.4 Å². The predicted octanol–water partition coefficient (Wildman–Crippen LogP) is -0.771. The van der Waals surface area contributed by atoms with Gasteiger partial charge in [0.15, 0.2) is 0 Å². The molecule has 1 heterocycles. The molecule has 0 aromatic carbocycles. The summed E-state index contributed by atoms with van der Waals surface area (Å²) in [7, 11) is -1.15. The number of nitrogens with zero attached hydrogens (tertiary/aromatic N) is 2. The first-order valence-electron chi connectivity index (χ1n) is 5.02. The van der Waals surface area contributed by atoms with Crippen LogP contribution in [0, 0.1) is 0 Å². The number of sulfone groups is 1. The summed E-state index contributed by atoms with van der Waals surface area (Å²) in [6.07, 6.45) is 6.33. The molecule has 0 saturated carbocycles. The summed E-state index contributed by atoms with van der Waals surface area (Å²) in [5.41, 5.74) is 3.61. The zero-order chi connectivity index (χ0) is 12.2. The van der Waals surface area contributed by atoms with E-state index in [1.54, 1.807) is 10.9 Å². The van der Waals surface area contributed by atoms with Crippen LogP contribution in [0.15, 0.2) is 12.4 Å². The van der Waals surface area contributed by atoms with Gasteiger partial charge in [0.2, 0.25) is 0 Å². The standard InChI is InChI=1S/C9H18N4O2S/c1-13-6-8(5-11-13)3-4-9(12-10)7-16(2,14)15/h5-6,9,12H,3-4,7,10H2,1-2H3. The topological polar surface area (TPSA) is 90.0 Å². The van der Waals surface area contributed by atoms with Crippen LogP contribution in [-0.2, 0) is 23.3 Å². The number of rotatable bonds is 6. The number of aromatic nitrogens is 2. The average Bonchev–Trinajstić information content (AvgIpc) is 2.57. The molecular formula is C9H18N4O2S. The summed E-state index contributed by atoms with van der Waals surface area (Å²) in [5, 5.41) is 4.04. The van der Waals surface area contributed by atoms with Crippen LogP contribution in [0.1, 0.15) is 12.0 Å². The molecule has 0 aliphatic carbocycles. The summed E-state index contributed by atoms with van der Waals surface area (Å²) in [6.45, 7) is 0. The Morgan fingerprint density at radius 3 is 2.75 bits per heavy atom. The Balaban J connectivity index is 2.46. The summed E-state index contributed by atoms with van der Waals surface area (Å²) in [6, 6.07) is -0.213. The third-order valence-corrected chi connectivity index (χ3v) is 3.29. The minimum absolute atomic E-state index is 0.0593. The fraction of sp³-hybridized carbons (Fsp3) is 0.667. The molecular weight excluding hydrogens is 228 g/mol.